The number of carbonyl (C=O) groups excluding carboxylic acids is 1. The molecule has 1 aliphatic rings. The zero-order valence-corrected chi connectivity index (χ0v) is 9.52. The lowest BCUT2D eigenvalue weighted by Gasteiger charge is -2.28. The number of amides is 1. The van der Waals surface area contributed by atoms with Crippen molar-refractivity contribution in [3.05, 3.63) is 18.5 Å². The zero-order valence-electron chi connectivity index (χ0n) is 9.52. The second-order valence-corrected chi connectivity index (χ2v) is 4.28. The molecule has 1 saturated carbocycles. The smallest absolute Gasteiger partial charge is 0.247 e. The number of nitrogens with zero attached hydrogens (tertiary/aromatic N) is 3. The molecular formula is C12H14N4O. The zero-order chi connectivity index (χ0) is 12.1. The third-order valence-electron chi connectivity index (χ3n) is 3.15. The first-order valence-corrected chi connectivity index (χ1v) is 5.77. The minimum atomic E-state index is -0.891. The number of nitrogens with one attached hydrogen (secondary N) is 1. The fourth-order valence-corrected chi connectivity index (χ4v) is 2.13. The van der Waals surface area contributed by atoms with Gasteiger partial charge in [0.2, 0.25) is 11.9 Å². The Kier molecular flexibility index (Phi) is 3.33. The number of anilines is 1. The molecular weight excluding hydrogens is 216 g/mol. The maximum absolute atomic E-state index is 12.1. The molecule has 0 spiro atoms. The maximum Gasteiger partial charge on any atom is 0.247 e. The molecule has 0 radical (unpaired) electrons. The van der Waals surface area contributed by atoms with Crippen molar-refractivity contribution in [2.24, 2.45) is 5.41 Å². The molecule has 0 unspecified atom stereocenters. The van der Waals surface area contributed by atoms with Gasteiger partial charge in [-0.15, -0.1) is 0 Å². The first-order chi connectivity index (χ1) is 8.27. The van der Waals surface area contributed by atoms with E-state index >= 15 is 0 Å². The molecule has 1 aromatic heterocycles. The number of carbonyl (C=O) groups is 1. The second-order valence-electron chi connectivity index (χ2n) is 4.28. The van der Waals surface area contributed by atoms with Gasteiger partial charge in [0.25, 0.3) is 0 Å². The standard InChI is InChI=1S/C12H14N4O/c13-9-12(5-2-1-3-6-12)10(17)16-11-14-7-4-8-15-11/h4,7-8H,1-3,5-6H2,(H,14,15,16,17). The van der Waals surface area contributed by atoms with Crippen LogP contribution in [0.25, 0.3) is 0 Å². The van der Waals surface area contributed by atoms with E-state index in [1.165, 1.54) is 0 Å². The summed E-state index contributed by atoms with van der Waals surface area (Å²) in [5.74, 6) is -0.0106. The molecule has 1 aromatic rings. The van der Waals surface area contributed by atoms with E-state index < -0.39 is 5.41 Å². The number of hydrogen-bond acceptors (Lipinski definition) is 4. The Hall–Kier alpha value is -1.96. The van der Waals surface area contributed by atoms with Gasteiger partial charge in [-0.1, -0.05) is 19.3 Å². The van der Waals surface area contributed by atoms with Crippen LogP contribution in [0.1, 0.15) is 32.1 Å². The SMILES string of the molecule is N#CC1(C(=O)Nc2ncccn2)CCCCC1. The van der Waals surface area contributed by atoms with Crippen molar-refractivity contribution in [3.63, 3.8) is 0 Å². The molecule has 0 aromatic carbocycles. The maximum atomic E-state index is 12.1. The van der Waals surface area contributed by atoms with Crippen molar-refractivity contribution in [1.29, 1.82) is 5.26 Å². The number of rotatable bonds is 2. The van der Waals surface area contributed by atoms with E-state index in [0.717, 1.165) is 19.3 Å². The van der Waals surface area contributed by atoms with Crippen molar-refractivity contribution in [2.75, 3.05) is 5.32 Å². The largest absolute Gasteiger partial charge is 0.293 e. The summed E-state index contributed by atoms with van der Waals surface area (Å²) in [6.45, 7) is 0. The van der Waals surface area contributed by atoms with Gasteiger partial charge in [0, 0.05) is 12.4 Å². The van der Waals surface area contributed by atoms with Gasteiger partial charge in [-0.3, -0.25) is 10.1 Å². The van der Waals surface area contributed by atoms with Crippen LogP contribution in [0.5, 0.6) is 0 Å². The summed E-state index contributed by atoms with van der Waals surface area (Å²) in [6.07, 6.45) is 7.32. The lowest BCUT2D eigenvalue weighted by atomic mass is 9.74. The first kappa shape index (κ1) is 11.5. The molecule has 1 N–H and O–H groups in total. The summed E-state index contributed by atoms with van der Waals surface area (Å²) in [5.41, 5.74) is -0.891. The second kappa shape index (κ2) is 4.91. The van der Waals surface area contributed by atoms with Crippen LogP contribution in [-0.2, 0) is 4.79 Å². The Morgan fingerprint density at radius 2 is 1.94 bits per heavy atom. The van der Waals surface area contributed by atoms with Gasteiger partial charge in [-0.2, -0.15) is 5.26 Å². The molecule has 2 rings (SSSR count). The molecule has 1 aliphatic carbocycles. The molecule has 0 saturated heterocycles. The lowest BCUT2D eigenvalue weighted by Crippen LogP contribution is -2.37. The molecule has 0 bridgehead atoms. The Morgan fingerprint density at radius 3 is 2.53 bits per heavy atom. The van der Waals surface area contributed by atoms with E-state index in [1.807, 2.05) is 0 Å². The average Bonchev–Trinajstić information content (AvgIpc) is 2.40. The number of aromatic nitrogens is 2. The van der Waals surface area contributed by atoms with Crippen LogP contribution < -0.4 is 5.32 Å². The van der Waals surface area contributed by atoms with Crippen molar-refractivity contribution in [2.45, 2.75) is 32.1 Å². The highest BCUT2D eigenvalue weighted by Crippen LogP contribution is 2.36. The van der Waals surface area contributed by atoms with Crippen LogP contribution in [0.2, 0.25) is 0 Å². The van der Waals surface area contributed by atoms with E-state index in [2.05, 4.69) is 21.4 Å². The third-order valence-corrected chi connectivity index (χ3v) is 3.15. The van der Waals surface area contributed by atoms with Crippen LogP contribution in [0.3, 0.4) is 0 Å². The normalized spacial score (nSPS) is 18.1. The predicted molar refractivity (Wildman–Crippen MR) is 61.8 cm³/mol. The Labute approximate surface area is 99.9 Å². The van der Waals surface area contributed by atoms with E-state index in [-0.39, 0.29) is 11.9 Å². The highest BCUT2D eigenvalue weighted by Gasteiger charge is 2.40. The molecule has 5 heteroatoms. The number of nitriles is 1. The van der Waals surface area contributed by atoms with Crippen LogP contribution >= 0.6 is 0 Å². The van der Waals surface area contributed by atoms with Crippen LogP contribution in [0, 0.1) is 16.7 Å². The molecule has 1 amide bonds. The molecule has 88 valence electrons. The lowest BCUT2D eigenvalue weighted by molar-refractivity contribution is -0.124. The summed E-state index contributed by atoms with van der Waals surface area (Å²) < 4.78 is 0. The summed E-state index contributed by atoms with van der Waals surface area (Å²) in [6, 6.07) is 3.85. The summed E-state index contributed by atoms with van der Waals surface area (Å²) in [5, 5.41) is 11.9. The van der Waals surface area contributed by atoms with E-state index in [9.17, 15) is 10.1 Å². The molecule has 17 heavy (non-hydrogen) atoms. The van der Waals surface area contributed by atoms with E-state index in [0.29, 0.717) is 12.8 Å². The van der Waals surface area contributed by atoms with Crippen molar-refractivity contribution in [1.82, 2.24) is 9.97 Å². The summed E-state index contributed by atoms with van der Waals surface area (Å²) in [4.78, 5) is 20.0. The van der Waals surface area contributed by atoms with Crippen LogP contribution in [0.15, 0.2) is 18.5 Å². The minimum absolute atomic E-state index is 0.262. The van der Waals surface area contributed by atoms with Gasteiger partial charge in [-0.05, 0) is 18.9 Å². The molecule has 0 atom stereocenters. The van der Waals surface area contributed by atoms with E-state index in [1.54, 1.807) is 18.5 Å². The predicted octanol–water partition coefficient (Wildman–Crippen LogP) is 1.89. The Morgan fingerprint density at radius 1 is 1.29 bits per heavy atom. The minimum Gasteiger partial charge on any atom is -0.293 e. The fraction of sp³-hybridized carbons (Fsp3) is 0.500. The highest BCUT2D eigenvalue weighted by molar-refractivity contribution is 5.95. The molecule has 1 heterocycles. The van der Waals surface area contributed by atoms with Crippen molar-refractivity contribution < 1.29 is 4.79 Å². The fourth-order valence-electron chi connectivity index (χ4n) is 2.13. The molecule has 0 aliphatic heterocycles. The molecule has 5 nitrogen and oxygen atoms in total. The van der Waals surface area contributed by atoms with Crippen molar-refractivity contribution in [3.8, 4) is 6.07 Å². The van der Waals surface area contributed by atoms with Gasteiger partial charge in [0.1, 0.15) is 5.41 Å². The van der Waals surface area contributed by atoms with Gasteiger partial charge in [0.15, 0.2) is 0 Å². The number of hydrogen-bond donors (Lipinski definition) is 1. The monoisotopic (exact) mass is 230 g/mol. The first-order valence-electron chi connectivity index (χ1n) is 5.77. The van der Waals surface area contributed by atoms with Gasteiger partial charge < -0.3 is 0 Å². The Balaban J connectivity index is 2.11. The Bertz CT molecular complexity index is 432. The highest BCUT2D eigenvalue weighted by atomic mass is 16.2. The van der Waals surface area contributed by atoms with Crippen LogP contribution in [0.4, 0.5) is 5.95 Å². The van der Waals surface area contributed by atoms with Crippen LogP contribution in [-0.4, -0.2) is 15.9 Å². The molecule has 1 fully saturated rings. The van der Waals surface area contributed by atoms with E-state index in [4.69, 9.17) is 0 Å². The van der Waals surface area contributed by atoms with Gasteiger partial charge >= 0.3 is 0 Å². The third kappa shape index (κ3) is 2.41. The van der Waals surface area contributed by atoms with Crippen molar-refractivity contribution >= 4 is 11.9 Å². The average molecular weight is 230 g/mol. The quantitative estimate of drug-likeness (QED) is 0.841. The summed E-state index contributed by atoms with van der Waals surface area (Å²) in [7, 11) is 0. The summed E-state index contributed by atoms with van der Waals surface area (Å²) >= 11 is 0. The van der Waals surface area contributed by atoms with Gasteiger partial charge in [-0.25, -0.2) is 9.97 Å². The topological polar surface area (TPSA) is 78.7 Å². The van der Waals surface area contributed by atoms with Gasteiger partial charge in [0.05, 0.1) is 6.07 Å².